The minimum absolute atomic E-state index is 0.0467. The lowest BCUT2D eigenvalue weighted by molar-refractivity contribution is 0.0934. The molecule has 4 rings (SSSR count). The van der Waals surface area contributed by atoms with E-state index in [1.807, 2.05) is 25.1 Å². The van der Waals surface area contributed by atoms with Gasteiger partial charge in [-0.05, 0) is 42.6 Å². The highest BCUT2D eigenvalue weighted by Crippen LogP contribution is 2.40. The lowest BCUT2D eigenvalue weighted by Gasteiger charge is -2.33. The molecule has 1 amide bonds. The molecule has 0 saturated heterocycles. The molecule has 1 aliphatic heterocycles. The van der Waals surface area contributed by atoms with Gasteiger partial charge < -0.3 is 10.2 Å². The summed E-state index contributed by atoms with van der Waals surface area (Å²) in [5.41, 5.74) is 3.89. The monoisotopic (exact) mass is 397 g/mol. The van der Waals surface area contributed by atoms with Gasteiger partial charge in [0.1, 0.15) is 5.00 Å². The molecule has 1 aromatic heterocycles. The van der Waals surface area contributed by atoms with Crippen molar-refractivity contribution >= 4 is 34.0 Å². The van der Waals surface area contributed by atoms with Crippen molar-refractivity contribution in [3.05, 3.63) is 82.0 Å². The van der Waals surface area contributed by atoms with E-state index in [9.17, 15) is 4.79 Å². The van der Waals surface area contributed by atoms with Gasteiger partial charge in [0.15, 0.2) is 0 Å². The average molecular weight is 398 g/mol. The Labute approximate surface area is 168 Å². The molecule has 2 aromatic carbocycles. The molecular formula is C21H20ClN3OS. The Morgan fingerprint density at radius 3 is 2.74 bits per heavy atom. The molecule has 4 nitrogen and oxygen atoms in total. The number of aromatic nitrogens is 1. The van der Waals surface area contributed by atoms with E-state index in [0.29, 0.717) is 10.6 Å². The number of amides is 1. The maximum atomic E-state index is 12.7. The van der Waals surface area contributed by atoms with E-state index < -0.39 is 0 Å². The predicted molar refractivity (Wildman–Crippen MR) is 111 cm³/mol. The number of benzene rings is 2. The number of hydrogen-bond donors (Lipinski definition) is 1. The van der Waals surface area contributed by atoms with Crippen LogP contribution in [-0.4, -0.2) is 16.8 Å². The molecule has 2 heterocycles. The van der Waals surface area contributed by atoms with Gasteiger partial charge in [0.05, 0.1) is 22.3 Å². The smallest absolute Gasteiger partial charge is 0.253 e. The van der Waals surface area contributed by atoms with Crippen LogP contribution in [-0.2, 0) is 6.54 Å². The van der Waals surface area contributed by atoms with Crippen LogP contribution in [0.2, 0.25) is 5.02 Å². The summed E-state index contributed by atoms with van der Waals surface area (Å²) in [5.74, 6) is -0.140. The van der Waals surface area contributed by atoms with Crippen molar-refractivity contribution in [2.24, 2.45) is 0 Å². The number of hydrogen-bond acceptors (Lipinski definition) is 4. The number of fused-ring (bicyclic) bond motifs is 1. The van der Waals surface area contributed by atoms with E-state index >= 15 is 0 Å². The van der Waals surface area contributed by atoms with Crippen LogP contribution in [0, 0.1) is 6.92 Å². The van der Waals surface area contributed by atoms with Crippen LogP contribution >= 0.6 is 23.1 Å². The van der Waals surface area contributed by atoms with E-state index in [-0.39, 0.29) is 11.9 Å². The van der Waals surface area contributed by atoms with Gasteiger partial charge in [-0.1, -0.05) is 54.1 Å². The van der Waals surface area contributed by atoms with Crippen molar-refractivity contribution in [3.8, 4) is 0 Å². The Bertz CT molecular complexity index is 957. The number of rotatable bonds is 4. The largest absolute Gasteiger partial charge is 0.357 e. The molecule has 0 bridgehead atoms. The molecule has 1 atom stereocenters. The summed E-state index contributed by atoms with van der Waals surface area (Å²) >= 11 is 7.69. The third kappa shape index (κ3) is 3.70. The molecule has 1 N–H and O–H groups in total. The molecule has 0 saturated carbocycles. The highest BCUT2D eigenvalue weighted by Gasteiger charge is 2.31. The number of aryl methyl sites for hydroxylation is 1. The second-order valence-electron chi connectivity index (χ2n) is 6.69. The summed E-state index contributed by atoms with van der Waals surface area (Å²) in [6, 6.07) is 17.5. The van der Waals surface area contributed by atoms with Crippen LogP contribution < -0.4 is 10.2 Å². The highest BCUT2D eigenvalue weighted by molar-refractivity contribution is 7.10. The molecule has 6 heteroatoms. The third-order valence-electron chi connectivity index (χ3n) is 4.85. The average Bonchev–Trinajstić information content (AvgIpc) is 3.07. The lowest BCUT2D eigenvalue weighted by Crippen LogP contribution is -2.37. The zero-order chi connectivity index (χ0) is 18.8. The van der Waals surface area contributed by atoms with Crippen LogP contribution in [0.1, 0.15) is 39.6 Å². The number of carbonyl (C=O) groups excluding carboxylic acids is 1. The van der Waals surface area contributed by atoms with Gasteiger partial charge in [-0.25, -0.2) is 0 Å². The maximum absolute atomic E-state index is 12.7. The number of halogens is 1. The molecule has 138 valence electrons. The molecule has 0 radical (unpaired) electrons. The first-order valence-corrected chi connectivity index (χ1v) is 10.1. The molecule has 1 aliphatic rings. The topological polar surface area (TPSA) is 45.2 Å². The van der Waals surface area contributed by atoms with Crippen LogP contribution in [0.25, 0.3) is 0 Å². The predicted octanol–water partition coefficient (Wildman–Crippen LogP) is 4.99. The summed E-state index contributed by atoms with van der Waals surface area (Å²) in [7, 11) is 0. The van der Waals surface area contributed by atoms with Gasteiger partial charge >= 0.3 is 0 Å². The molecule has 1 unspecified atom stereocenters. The minimum Gasteiger partial charge on any atom is -0.357 e. The Morgan fingerprint density at radius 2 is 1.96 bits per heavy atom. The molecule has 3 aromatic rings. The van der Waals surface area contributed by atoms with Gasteiger partial charge in [-0.15, -0.1) is 0 Å². The molecule has 27 heavy (non-hydrogen) atoms. The first kappa shape index (κ1) is 18.0. The summed E-state index contributed by atoms with van der Waals surface area (Å²) in [5, 5.41) is 4.77. The van der Waals surface area contributed by atoms with Crippen LogP contribution in [0.3, 0.4) is 0 Å². The van der Waals surface area contributed by atoms with Crippen molar-refractivity contribution in [1.29, 1.82) is 0 Å². The second-order valence-corrected chi connectivity index (χ2v) is 7.85. The molecule has 0 aliphatic carbocycles. The zero-order valence-electron chi connectivity index (χ0n) is 15.0. The van der Waals surface area contributed by atoms with E-state index in [1.165, 1.54) is 17.1 Å². The Balaban J connectivity index is 1.57. The van der Waals surface area contributed by atoms with Crippen molar-refractivity contribution in [3.63, 3.8) is 0 Å². The number of nitrogens with zero attached hydrogens (tertiary/aromatic N) is 2. The van der Waals surface area contributed by atoms with Gasteiger partial charge in [0.25, 0.3) is 5.91 Å². The summed E-state index contributed by atoms with van der Waals surface area (Å²) < 4.78 is 4.56. The molecule has 0 spiro atoms. The van der Waals surface area contributed by atoms with Crippen LogP contribution in [0.5, 0.6) is 0 Å². The fourth-order valence-corrected chi connectivity index (χ4v) is 4.71. The summed E-state index contributed by atoms with van der Waals surface area (Å²) in [6.07, 6.45) is 0.843. The van der Waals surface area contributed by atoms with E-state index in [2.05, 4.69) is 38.9 Å². The van der Waals surface area contributed by atoms with E-state index in [1.54, 1.807) is 12.1 Å². The van der Waals surface area contributed by atoms with Crippen LogP contribution in [0.4, 0.5) is 5.00 Å². The minimum atomic E-state index is -0.140. The Morgan fingerprint density at radius 1 is 1.22 bits per heavy atom. The number of anilines is 1. The quantitative estimate of drug-likeness (QED) is 0.674. The van der Waals surface area contributed by atoms with Crippen molar-refractivity contribution < 1.29 is 4.79 Å². The summed E-state index contributed by atoms with van der Waals surface area (Å²) in [6.45, 7) is 3.73. The Hall–Kier alpha value is -2.37. The van der Waals surface area contributed by atoms with E-state index in [4.69, 9.17) is 11.6 Å². The summed E-state index contributed by atoms with van der Waals surface area (Å²) in [4.78, 5) is 15.1. The fourth-order valence-electron chi connectivity index (χ4n) is 3.51. The van der Waals surface area contributed by atoms with Gasteiger partial charge in [-0.2, -0.15) is 4.37 Å². The van der Waals surface area contributed by atoms with Gasteiger partial charge in [-0.3, -0.25) is 4.79 Å². The third-order valence-corrected chi connectivity index (χ3v) is 6.20. The molecule has 0 fully saturated rings. The fraction of sp³-hybridized carbons (Fsp3) is 0.238. The van der Waals surface area contributed by atoms with Crippen molar-refractivity contribution in [1.82, 2.24) is 9.69 Å². The molecular weight excluding hydrogens is 378 g/mol. The van der Waals surface area contributed by atoms with Crippen LogP contribution in [0.15, 0.2) is 54.6 Å². The van der Waals surface area contributed by atoms with Gasteiger partial charge in [0.2, 0.25) is 0 Å². The SMILES string of the molecule is Cc1nsc2c1C(NC(=O)c1ccccc1Cl)CCN2Cc1ccccc1. The first-order valence-electron chi connectivity index (χ1n) is 8.94. The lowest BCUT2D eigenvalue weighted by atomic mass is 9.98. The van der Waals surface area contributed by atoms with Crippen molar-refractivity contribution in [2.75, 3.05) is 11.4 Å². The zero-order valence-corrected chi connectivity index (χ0v) is 16.6. The second kappa shape index (κ2) is 7.71. The first-order chi connectivity index (χ1) is 13.1. The Kier molecular flexibility index (Phi) is 5.14. The maximum Gasteiger partial charge on any atom is 0.253 e. The van der Waals surface area contributed by atoms with E-state index in [0.717, 1.165) is 35.8 Å². The number of nitrogens with one attached hydrogen (secondary N) is 1. The highest BCUT2D eigenvalue weighted by atomic mass is 35.5. The van der Waals surface area contributed by atoms with Gasteiger partial charge in [0, 0.05) is 18.7 Å². The normalized spacial score (nSPS) is 16.1. The standard InChI is InChI=1S/C21H20ClN3OS/c1-14-19-18(23-20(26)16-9-5-6-10-17(16)22)11-12-25(21(19)27-24-14)13-15-7-3-2-4-8-15/h2-10,18H,11-13H2,1H3,(H,23,26). The number of carbonyl (C=O) groups is 1. The van der Waals surface area contributed by atoms with Crippen molar-refractivity contribution in [2.45, 2.75) is 25.9 Å².